The van der Waals surface area contributed by atoms with Crippen molar-refractivity contribution in [2.24, 2.45) is 5.92 Å². The normalized spacial score (nSPS) is 25.6. The Kier molecular flexibility index (Phi) is 5.60. The van der Waals surface area contributed by atoms with E-state index in [1.54, 1.807) is 0 Å². The average Bonchev–Trinajstić information content (AvgIpc) is 3.05. The molecule has 0 heterocycles. The molecule has 1 aliphatic rings. The van der Waals surface area contributed by atoms with Crippen LogP contribution in [-0.2, 0) is 14.3 Å². The van der Waals surface area contributed by atoms with Crippen molar-refractivity contribution in [2.75, 3.05) is 0 Å². The minimum Gasteiger partial charge on any atom is -0.459 e. The number of hydrogen-bond acceptors (Lipinski definition) is 4. The molecular weight excluding hydrogens is 370 g/mol. The Labute approximate surface area is 147 Å². The molecule has 0 radical (unpaired) electrons. The zero-order valence-corrected chi connectivity index (χ0v) is 15.0. The largest absolute Gasteiger partial charge is 0.459 e. The van der Waals surface area contributed by atoms with Gasteiger partial charge >= 0.3 is 18.3 Å². The standard InChI is InChI=1S/C16H22F6O4/c1-8(2)11(23)25-9(3)10-7-13(10,6)26-12(4,5)14(24,15(17,18)19)16(20,21)22/h9-10,24H,1,7H2,2-6H3. The molecule has 0 bridgehead atoms. The molecule has 4 nitrogen and oxygen atoms in total. The maximum Gasteiger partial charge on any atom is 0.429 e. The van der Waals surface area contributed by atoms with E-state index in [1.807, 2.05) is 0 Å². The van der Waals surface area contributed by atoms with E-state index in [4.69, 9.17) is 9.47 Å². The highest BCUT2D eigenvalue weighted by Gasteiger charge is 2.79. The van der Waals surface area contributed by atoms with Crippen molar-refractivity contribution in [1.29, 1.82) is 0 Å². The molecule has 0 aromatic carbocycles. The molecule has 10 heteroatoms. The summed E-state index contributed by atoms with van der Waals surface area (Å²) in [5, 5.41) is 9.57. The number of rotatable bonds is 6. The lowest BCUT2D eigenvalue weighted by Crippen LogP contribution is -2.70. The summed E-state index contributed by atoms with van der Waals surface area (Å²) in [5.74, 6) is -1.36. The van der Waals surface area contributed by atoms with Crippen LogP contribution in [0.25, 0.3) is 0 Å². The molecule has 1 aliphatic carbocycles. The van der Waals surface area contributed by atoms with E-state index in [-0.39, 0.29) is 12.0 Å². The number of esters is 1. The van der Waals surface area contributed by atoms with Crippen LogP contribution >= 0.6 is 0 Å². The zero-order chi connectivity index (χ0) is 20.9. The molecule has 1 fully saturated rings. The number of aliphatic hydroxyl groups is 1. The summed E-state index contributed by atoms with van der Waals surface area (Å²) in [5.41, 5.74) is -9.43. The Hall–Kier alpha value is -1.29. The summed E-state index contributed by atoms with van der Waals surface area (Å²) in [7, 11) is 0. The highest BCUT2D eigenvalue weighted by molar-refractivity contribution is 5.87. The van der Waals surface area contributed by atoms with Crippen molar-refractivity contribution in [2.45, 2.75) is 76.3 Å². The summed E-state index contributed by atoms with van der Waals surface area (Å²) in [6.45, 7) is 8.59. The quantitative estimate of drug-likeness (QED) is 0.423. The first-order valence-corrected chi connectivity index (χ1v) is 7.72. The maximum absolute atomic E-state index is 13.1. The smallest absolute Gasteiger partial charge is 0.429 e. The van der Waals surface area contributed by atoms with Gasteiger partial charge in [0.25, 0.3) is 5.60 Å². The maximum atomic E-state index is 13.1. The van der Waals surface area contributed by atoms with E-state index >= 15 is 0 Å². The van der Waals surface area contributed by atoms with E-state index < -0.39 is 47.1 Å². The van der Waals surface area contributed by atoms with E-state index in [2.05, 4.69) is 6.58 Å². The molecule has 1 N–H and O–H groups in total. The first-order valence-electron chi connectivity index (χ1n) is 7.72. The van der Waals surface area contributed by atoms with Gasteiger partial charge in [-0.15, -0.1) is 0 Å². The fourth-order valence-electron chi connectivity index (χ4n) is 3.01. The van der Waals surface area contributed by atoms with Crippen LogP contribution in [-0.4, -0.2) is 46.3 Å². The van der Waals surface area contributed by atoms with E-state index in [0.717, 1.165) is 0 Å². The SMILES string of the molecule is C=C(C)C(=O)OC(C)C1CC1(C)OC(C)(C)C(O)(C(F)(F)F)C(F)(F)F. The van der Waals surface area contributed by atoms with Crippen LogP contribution in [0, 0.1) is 5.92 Å². The minimum atomic E-state index is -6.01. The molecule has 26 heavy (non-hydrogen) atoms. The Bertz CT molecular complexity index is 566. The molecule has 0 aliphatic heterocycles. The van der Waals surface area contributed by atoms with Gasteiger partial charge < -0.3 is 14.6 Å². The number of hydrogen-bond donors (Lipinski definition) is 1. The summed E-state index contributed by atoms with van der Waals surface area (Å²) < 4.78 is 88.6. The predicted molar refractivity (Wildman–Crippen MR) is 79.1 cm³/mol. The number of carbonyl (C=O) groups is 1. The van der Waals surface area contributed by atoms with Gasteiger partial charge in [0.1, 0.15) is 11.7 Å². The van der Waals surface area contributed by atoms with Gasteiger partial charge in [-0.2, -0.15) is 26.3 Å². The van der Waals surface area contributed by atoms with Crippen LogP contribution in [0.3, 0.4) is 0 Å². The highest BCUT2D eigenvalue weighted by Crippen LogP contribution is 2.57. The summed E-state index contributed by atoms with van der Waals surface area (Å²) in [6.07, 6.45) is -12.8. The fourth-order valence-corrected chi connectivity index (χ4v) is 3.01. The molecule has 0 aromatic rings. The van der Waals surface area contributed by atoms with Crippen molar-refractivity contribution in [1.82, 2.24) is 0 Å². The van der Waals surface area contributed by atoms with Crippen LogP contribution < -0.4 is 0 Å². The van der Waals surface area contributed by atoms with Crippen LogP contribution in [0.4, 0.5) is 26.3 Å². The molecule has 0 aromatic heterocycles. The molecular formula is C16H22F6O4. The molecule has 1 rings (SSSR count). The van der Waals surface area contributed by atoms with Gasteiger partial charge in [-0.25, -0.2) is 4.79 Å². The van der Waals surface area contributed by atoms with Gasteiger partial charge in [0.05, 0.1) is 5.60 Å². The monoisotopic (exact) mass is 392 g/mol. The van der Waals surface area contributed by atoms with Gasteiger partial charge in [-0.3, -0.25) is 0 Å². The van der Waals surface area contributed by atoms with E-state index in [9.17, 15) is 36.2 Å². The molecule has 0 amide bonds. The predicted octanol–water partition coefficient (Wildman–Crippen LogP) is 3.92. The van der Waals surface area contributed by atoms with Crippen LogP contribution in [0.2, 0.25) is 0 Å². The van der Waals surface area contributed by atoms with Crippen molar-refractivity contribution >= 4 is 5.97 Å². The first-order chi connectivity index (χ1) is 11.3. The third-order valence-electron chi connectivity index (χ3n) is 4.64. The van der Waals surface area contributed by atoms with E-state index in [1.165, 1.54) is 20.8 Å². The number of halogens is 6. The number of alkyl halides is 6. The Morgan fingerprint density at radius 1 is 1.19 bits per heavy atom. The fraction of sp³-hybridized carbons (Fsp3) is 0.812. The zero-order valence-electron chi connectivity index (χ0n) is 15.0. The van der Waals surface area contributed by atoms with Crippen molar-refractivity contribution in [3.05, 3.63) is 12.2 Å². The van der Waals surface area contributed by atoms with Crippen LogP contribution in [0.1, 0.15) is 41.0 Å². The van der Waals surface area contributed by atoms with Crippen LogP contribution in [0.5, 0.6) is 0 Å². The summed E-state index contributed by atoms with van der Waals surface area (Å²) in [4.78, 5) is 11.5. The number of carbonyl (C=O) groups excluding carboxylic acids is 1. The lowest BCUT2D eigenvalue weighted by molar-refractivity contribution is -0.417. The van der Waals surface area contributed by atoms with E-state index in [0.29, 0.717) is 13.8 Å². The third-order valence-corrected chi connectivity index (χ3v) is 4.64. The number of ether oxygens (including phenoxy) is 2. The first kappa shape index (κ1) is 22.8. The van der Waals surface area contributed by atoms with Gasteiger partial charge in [0.15, 0.2) is 0 Å². The molecule has 3 unspecified atom stereocenters. The van der Waals surface area contributed by atoms with Gasteiger partial charge in [0.2, 0.25) is 0 Å². The molecule has 0 spiro atoms. The van der Waals surface area contributed by atoms with Crippen molar-refractivity contribution in [3.8, 4) is 0 Å². The lowest BCUT2D eigenvalue weighted by atomic mass is 9.83. The van der Waals surface area contributed by atoms with Gasteiger partial charge in [-0.1, -0.05) is 6.58 Å². The average molecular weight is 392 g/mol. The summed E-state index contributed by atoms with van der Waals surface area (Å²) >= 11 is 0. The Balaban J connectivity index is 3.03. The Morgan fingerprint density at radius 2 is 1.62 bits per heavy atom. The summed E-state index contributed by atoms with van der Waals surface area (Å²) in [6, 6.07) is 0. The molecule has 1 saturated carbocycles. The lowest BCUT2D eigenvalue weighted by Gasteiger charge is -2.45. The molecule has 3 atom stereocenters. The highest BCUT2D eigenvalue weighted by atomic mass is 19.4. The van der Waals surface area contributed by atoms with Crippen molar-refractivity contribution in [3.63, 3.8) is 0 Å². The minimum absolute atomic E-state index is 0.0624. The Morgan fingerprint density at radius 3 is 1.96 bits per heavy atom. The van der Waals surface area contributed by atoms with Gasteiger partial charge in [0, 0.05) is 11.5 Å². The topological polar surface area (TPSA) is 55.8 Å². The second-order valence-electron chi connectivity index (χ2n) is 7.33. The second kappa shape index (κ2) is 6.40. The third kappa shape index (κ3) is 3.85. The van der Waals surface area contributed by atoms with Crippen LogP contribution in [0.15, 0.2) is 12.2 Å². The van der Waals surface area contributed by atoms with Gasteiger partial charge in [-0.05, 0) is 41.0 Å². The second-order valence-corrected chi connectivity index (χ2v) is 7.33. The molecule has 152 valence electrons. The molecule has 0 saturated heterocycles. The van der Waals surface area contributed by atoms with Crippen molar-refractivity contribution < 1.29 is 45.7 Å².